The minimum Gasteiger partial charge on any atom is -0.487 e. The van der Waals surface area contributed by atoms with Crippen molar-refractivity contribution in [1.82, 2.24) is 24.6 Å². The lowest BCUT2D eigenvalue weighted by Crippen LogP contribution is -2.42. The Labute approximate surface area is 190 Å². The third-order valence-corrected chi connectivity index (χ3v) is 5.56. The molecule has 5 rings (SSSR count). The largest absolute Gasteiger partial charge is 0.487 e. The Hall–Kier alpha value is -3.95. The average Bonchev–Trinajstić information content (AvgIpc) is 3.27. The molecule has 2 aromatic heterocycles. The first-order valence-electron chi connectivity index (χ1n) is 10.7. The van der Waals surface area contributed by atoms with E-state index in [1.54, 1.807) is 41.0 Å². The van der Waals surface area contributed by atoms with Gasteiger partial charge in [0.25, 0.3) is 11.8 Å². The number of ether oxygens (including phenoxy) is 2. The standard InChI is InChI=1S/C23H24N6O4/c1-23(2)11-16-17(32-15-12-24-20(25-13-15)22(31)29-6-4-7-29)9-14(10-18(16)33-23)21(30)26-19-5-8-28(3)27-19/h5,8-10,12-13H,4,6-7,11H2,1-3H3,(H,26,27,30). The van der Waals surface area contributed by atoms with Crippen molar-refractivity contribution in [1.29, 1.82) is 0 Å². The Morgan fingerprint density at radius 1 is 1.18 bits per heavy atom. The van der Waals surface area contributed by atoms with Gasteiger partial charge in [0.1, 0.15) is 17.1 Å². The Balaban J connectivity index is 1.41. The van der Waals surface area contributed by atoms with Crippen LogP contribution in [0, 0.1) is 0 Å². The third kappa shape index (κ3) is 4.23. The summed E-state index contributed by atoms with van der Waals surface area (Å²) in [5, 5.41) is 6.96. The third-order valence-electron chi connectivity index (χ3n) is 5.56. The highest BCUT2D eigenvalue weighted by molar-refractivity contribution is 6.04. The van der Waals surface area contributed by atoms with Crippen LogP contribution in [0.25, 0.3) is 0 Å². The van der Waals surface area contributed by atoms with Crippen LogP contribution in [0.2, 0.25) is 0 Å². The van der Waals surface area contributed by atoms with E-state index >= 15 is 0 Å². The van der Waals surface area contributed by atoms with Crippen LogP contribution in [0.1, 0.15) is 46.8 Å². The van der Waals surface area contributed by atoms with Crippen LogP contribution in [0.5, 0.6) is 17.2 Å². The first kappa shape index (κ1) is 20.9. The van der Waals surface area contributed by atoms with Crippen molar-refractivity contribution in [3.63, 3.8) is 0 Å². The molecule has 10 heteroatoms. The van der Waals surface area contributed by atoms with E-state index in [9.17, 15) is 9.59 Å². The maximum atomic E-state index is 12.9. The van der Waals surface area contributed by atoms with Crippen LogP contribution >= 0.6 is 0 Å². The molecule has 1 aromatic carbocycles. The first-order valence-corrected chi connectivity index (χ1v) is 10.7. The molecule has 2 aliphatic heterocycles. The second-order valence-corrected chi connectivity index (χ2v) is 8.81. The van der Waals surface area contributed by atoms with Gasteiger partial charge in [-0.3, -0.25) is 14.3 Å². The summed E-state index contributed by atoms with van der Waals surface area (Å²) in [7, 11) is 1.78. The fourth-order valence-corrected chi connectivity index (χ4v) is 3.80. The molecule has 33 heavy (non-hydrogen) atoms. The number of rotatable bonds is 5. The lowest BCUT2D eigenvalue weighted by Gasteiger charge is -2.29. The number of nitrogens with zero attached hydrogens (tertiary/aromatic N) is 5. The highest BCUT2D eigenvalue weighted by atomic mass is 16.5. The van der Waals surface area contributed by atoms with Crippen molar-refractivity contribution >= 4 is 17.6 Å². The number of hydrogen-bond donors (Lipinski definition) is 1. The quantitative estimate of drug-likeness (QED) is 0.639. The van der Waals surface area contributed by atoms with Gasteiger partial charge in [0, 0.05) is 49.9 Å². The molecule has 1 saturated heterocycles. The molecule has 10 nitrogen and oxygen atoms in total. The number of fused-ring (bicyclic) bond motifs is 1. The molecular weight excluding hydrogens is 424 g/mol. The predicted molar refractivity (Wildman–Crippen MR) is 119 cm³/mol. The molecule has 0 aliphatic carbocycles. The molecule has 0 saturated carbocycles. The molecule has 2 amide bonds. The van der Waals surface area contributed by atoms with Crippen LogP contribution in [-0.4, -0.2) is 55.2 Å². The summed E-state index contributed by atoms with van der Waals surface area (Å²) in [4.78, 5) is 35.2. The van der Waals surface area contributed by atoms with Crippen LogP contribution in [0.3, 0.4) is 0 Å². The lowest BCUT2D eigenvalue weighted by molar-refractivity contribution is 0.0638. The van der Waals surface area contributed by atoms with Gasteiger partial charge in [-0.05, 0) is 32.4 Å². The number of aryl methyl sites for hydroxylation is 1. The number of benzene rings is 1. The highest BCUT2D eigenvalue weighted by Gasteiger charge is 2.34. The van der Waals surface area contributed by atoms with Crippen molar-refractivity contribution in [2.24, 2.45) is 7.05 Å². The van der Waals surface area contributed by atoms with Crippen molar-refractivity contribution in [2.45, 2.75) is 32.3 Å². The number of amides is 2. The van der Waals surface area contributed by atoms with E-state index in [0.29, 0.717) is 35.1 Å². The summed E-state index contributed by atoms with van der Waals surface area (Å²) in [6, 6.07) is 5.09. The summed E-state index contributed by atoms with van der Waals surface area (Å²) >= 11 is 0. The van der Waals surface area contributed by atoms with Gasteiger partial charge in [-0.15, -0.1) is 0 Å². The minimum atomic E-state index is -0.430. The summed E-state index contributed by atoms with van der Waals surface area (Å²) in [5.74, 6) is 1.51. The highest BCUT2D eigenvalue weighted by Crippen LogP contribution is 2.42. The summed E-state index contributed by atoms with van der Waals surface area (Å²) in [6.07, 6.45) is 6.30. The maximum absolute atomic E-state index is 12.9. The molecule has 0 unspecified atom stereocenters. The fraction of sp³-hybridized carbons (Fsp3) is 0.348. The average molecular weight is 448 g/mol. The van der Waals surface area contributed by atoms with Gasteiger partial charge < -0.3 is 19.7 Å². The predicted octanol–water partition coefficient (Wildman–Crippen LogP) is 2.81. The first-order chi connectivity index (χ1) is 15.8. The molecule has 0 spiro atoms. The Kier molecular flexibility index (Phi) is 4.99. The van der Waals surface area contributed by atoms with Gasteiger partial charge >= 0.3 is 0 Å². The van der Waals surface area contributed by atoms with E-state index in [-0.39, 0.29) is 17.6 Å². The van der Waals surface area contributed by atoms with Gasteiger partial charge in [-0.25, -0.2) is 9.97 Å². The summed E-state index contributed by atoms with van der Waals surface area (Å²) < 4.78 is 13.7. The Bertz CT molecular complexity index is 1230. The number of nitrogens with one attached hydrogen (secondary N) is 1. The second kappa shape index (κ2) is 7.88. The van der Waals surface area contributed by atoms with Gasteiger partial charge in [0.15, 0.2) is 11.6 Å². The molecule has 4 heterocycles. The number of hydrogen-bond acceptors (Lipinski definition) is 7. The SMILES string of the molecule is Cn1ccc(NC(=O)c2cc(Oc3cnc(C(=O)N4CCC4)nc3)c3c(c2)OC(C)(C)C3)n1. The van der Waals surface area contributed by atoms with Crippen molar-refractivity contribution in [2.75, 3.05) is 18.4 Å². The zero-order chi connectivity index (χ0) is 23.2. The molecule has 0 bridgehead atoms. The molecular formula is C23H24N6O4. The Morgan fingerprint density at radius 3 is 2.58 bits per heavy atom. The smallest absolute Gasteiger partial charge is 0.291 e. The van der Waals surface area contributed by atoms with Crippen LogP contribution in [0.4, 0.5) is 5.82 Å². The van der Waals surface area contributed by atoms with Crippen LogP contribution in [0.15, 0.2) is 36.8 Å². The number of aromatic nitrogens is 4. The summed E-state index contributed by atoms with van der Waals surface area (Å²) in [6.45, 7) is 5.42. The lowest BCUT2D eigenvalue weighted by atomic mass is 9.99. The van der Waals surface area contributed by atoms with Crippen molar-refractivity contribution in [3.8, 4) is 17.2 Å². The molecule has 3 aromatic rings. The van der Waals surface area contributed by atoms with E-state index in [2.05, 4.69) is 20.4 Å². The van der Waals surface area contributed by atoms with Gasteiger partial charge in [0.2, 0.25) is 5.82 Å². The normalized spacial score (nSPS) is 15.9. The van der Waals surface area contributed by atoms with E-state index in [4.69, 9.17) is 9.47 Å². The molecule has 0 radical (unpaired) electrons. The number of carbonyl (C=O) groups excluding carboxylic acids is 2. The molecule has 0 atom stereocenters. The second-order valence-electron chi connectivity index (χ2n) is 8.81. The van der Waals surface area contributed by atoms with E-state index < -0.39 is 5.60 Å². The molecule has 2 aliphatic rings. The van der Waals surface area contributed by atoms with Gasteiger partial charge in [0.05, 0.1) is 12.4 Å². The van der Waals surface area contributed by atoms with Crippen LogP contribution in [-0.2, 0) is 13.5 Å². The summed E-state index contributed by atoms with van der Waals surface area (Å²) in [5.41, 5.74) is 0.799. The molecule has 1 fully saturated rings. The zero-order valence-corrected chi connectivity index (χ0v) is 18.7. The minimum absolute atomic E-state index is 0.139. The topological polar surface area (TPSA) is 111 Å². The zero-order valence-electron chi connectivity index (χ0n) is 18.7. The van der Waals surface area contributed by atoms with E-state index in [0.717, 1.165) is 25.1 Å². The van der Waals surface area contributed by atoms with Gasteiger partial charge in [-0.1, -0.05) is 0 Å². The van der Waals surface area contributed by atoms with Crippen LogP contribution < -0.4 is 14.8 Å². The Morgan fingerprint density at radius 2 is 1.94 bits per heavy atom. The van der Waals surface area contributed by atoms with Crippen molar-refractivity contribution in [3.05, 3.63) is 53.7 Å². The fourth-order valence-electron chi connectivity index (χ4n) is 3.80. The van der Waals surface area contributed by atoms with Crippen molar-refractivity contribution < 1.29 is 19.1 Å². The van der Waals surface area contributed by atoms with E-state index in [1.807, 2.05) is 13.8 Å². The molecule has 170 valence electrons. The van der Waals surface area contributed by atoms with E-state index in [1.165, 1.54) is 12.4 Å². The number of anilines is 1. The number of carbonyl (C=O) groups is 2. The number of likely N-dealkylation sites (tertiary alicyclic amines) is 1. The monoisotopic (exact) mass is 448 g/mol. The molecule has 1 N–H and O–H groups in total. The maximum Gasteiger partial charge on any atom is 0.291 e. The van der Waals surface area contributed by atoms with Gasteiger partial charge in [-0.2, -0.15) is 5.10 Å².